The predicted molar refractivity (Wildman–Crippen MR) is 92.8 cm³/mol. The third-order valence-corrected chi connectivity index (χ3v) is 3.88. The smallest absolute Gasteiger partial charge is 0.271 e. The molecule has 2 aromatic carbocycles. The molecule has 2 aromatic rings. The van der Waals surface area contributed by atoms with Crippen LogP contribution in [0.5, 0.6) is 11.5 Å². The number of carbonyl (C=O) groups is 1. The van der Waals surface area contributed by atoms with E-state index in [2.05, 4.69) is 10.5 Å². The van der Waals surface area contributed by atoms with Gasteiger partial charge in [-0.25, -0.2) is 5.43 Å². The van der Waals surface area contributed by atoms with Crippen LogP contribution < -0.4 is 14.9 Å². The van der Waals surface area contributed by atoms with Crippen LogP contribution in [0, 0.1) is 0 Å². The summed E-state index contributed by atoms with van der Waals surface area (Å²) in [5.74, 6) is 0.751. The van der Waals surface area contributed by atoms with Crippen LogP contribution in [-0.2, 0) is 0 Å². The van der Waals surface area contributed by atoms with Crippen LogP contribution in [0.1, 0.15) is 15.9 Å². The molecule has 2 rings (SSSR count). The lowest BCUT2D eigenvalue weighted by molar-refractivity contribution is 0.0954. The van der Waals surface area contributed by atoms with Crippen molar-refractivity contribution in [2.45, 2.75) is 4.90 Å². The maximum Gasteiger partial charge on any atom is 0.271 e. The van der Waals surface area contributed by atoms with E-state index in [-0.39, 0.29) is 5.91 Å². The first kappa shape index (κ1) is 16.9. The second-order valence-electron chi connectivity index (χ2n) is 4.54. The van der Waals surface area contributed by atoms with Gasteiger partial charge in [-0.2, -0.15) is 5.10 Å². The molecule has 1 amide bonds. The molecule has 0 radical (unpaired) electrons. The molecule has 0 fully saturated rings. The molecule has 0 aliphatic rings. The first-order chi connectivity index (χ1) is 11.2. The van der Waals surface area contributed by atoms with E-state index in [4.69, 9.17) is 9.47 Å². The molecule has 0 aliphatic heterocycles. The van der Waals surface area contributed by atoms with Gasteiger partial charge in [0, 0.05) is 10.5 Å². The summed E-state index contributed by atoms with van der Waals surface area (Å²) in [6, 6.07) is 12.8. The molecule has 120 valence electrons. The molecule has 0 saturated carbocycles. The standard InChI is InChI=1S/C17H18N2O3S/c1-21-15-9-6-13(10-16(15)22-2)17(20)19-18-11-12-4-7-14(23-3)8-5-12/h4-11H,1-3H3,(H,19,20)/b18-11-. The highest BCUT2D eigenvalue weighted by molar-refractivity contribution is 7.98. The van der Waals surface area contributed by atoms with Crippen LogP contribution in [0.2, 0.25) is 0 Å². The number of hydrogen-bond donors (Lipinski definition) is 1. The van der Waals surface area contributed by atoms with Gasteiger partial charge >= 0.3 is 0 Å². The van der Waals surface area contributed by atoms with Gasteiger partial charge in [-0.1, -0.05) is 12.1 Å². The Morgan fingerprint density at radius 1 is 1.09 bits per heavy atom. The first-order valence-electron chi connectivity index (χ1n) is 6.87. The molecule has 0 saturated heterocycles. The van der Waals surface area contributed by atoms with Gasteiger partial charge < -0.3 is 9.47 Å². The van der Waals surface area contributed by atoms with E-state index in [0.29, 0.717) is 17.1 Å². The van der Waals surface area contributed by atoms with Crippen molar-refractivity contribution in [2.24, 2.45) is 5.10 Å². The molecule has 6 heteroatoms. The normalized spacial score (nSPS) is 10.6. The maximum absolute atomic E-state index is 12.1. The Morgan fingerprint density at radius 3 is 2.39 bits per heavy atom. The van der Waals surface area contributed by atoms with Gasteiger partial charge in [-0.3, -0.25) is 4.79 Å². The lowest BCUT2D eigenvalue weighted by atomic mass is 10.2. The minimum Gasteiger partial charge on any atom is -0.493 e. The number of nitrogens with zero attached hydrogens (tertiary/aromatic N) is 1. The van der Waals surface area contributed by atoms with Crippen molar-refractivity contribution >= 4 is 23.9 Å². The van der Waals surface area contributed by atoms with E-state index in [1.165, 1.54) is 12.0 Å². The summed E-state index contributed by atoms with van der Waals surface area (Å²) in [5, 5.41) is 3.97. The van der Waals surface area contributed by atoms with E-state index in [9.17, 15) is 4.79 Å². The van der Waals surface area contributed by atoms with Gasteiger partial charge in [0.05, 0.1) is 20.4 Å². The van der Waals surface area contributed by atoms with Crippen LogP contribution in [0.15, 0.2) is 52.5 Å². The molecule has 5 nitrogen and oxygen atoms in total. The molecular formula is C17H18N2O3S. The summed E-state index contributed by atoms with van der Waals surface area (Å²) in [7, 11) is 3.07. The Labute approximate surface area is 139 Å². The van der Waals surface area contributed by atoms with Gasteiger partial charge in [0.15, 0.2) is 11.5 Å². The van der Waals surface area contributed by atoms with Crippen molar-refractivity contribution in [1.82, 2.24) is 5.43 Å². The number of carbonyl (C=O) groups excluding carboxylic acids is 1. The molecule has 0 aliphatic carbocycles. The van der Waals surface area contributed by atoms with E-state index < -0.39 is 0 Å². The number of nitrogens with one attached hydrogen (secondary N) is 1. The summed E-state index contributed by atoms with van der Waals surface area (Å²) in [4.78, 5) is 13.3. The fraction of sp³-hybridized carbons (Fsp3) is 0.176. The fourth-order valence-corrected chi connectivity index (χ4v) is 2.31. The Hall–Kier alpha value is -2.47. The number of hydrazone groups is 1. The maximum atomic E-state index is 12.1. The second kappa shape index (κ2) is 8.24. The molecular weight excluding hydrogens is 312 g/mol. The SMILES string of the molecule is COc1ccc(C(=O)N/N=C\c2ccc(SC)cc2)cc1OC. The summed E-state index contributed by atoms with van der Waals surface area (Å²) < 4.78 is 10.3. The summed E-state index contributed by atoms with van der Waals surface area (Å²) in [6.07, 6.45) is 3.62. The first-order valence-corrected chi connectivity index (χ1v) is 8.10. The van der Waals surface area contributed by atoms with Gasteiger partial charge in [0.2, 0.25) is 0 Å². The van der Waals surface area contributed by atoms with Crippen molar-refractivity contribution in [3.8, 4) is 11.5 Å². The van der Waals surface area contributed by atoms with Crippen molar-refractivity contribution in [2.75, 3.05) is 20.5 Å². The molecule has 1 N–H and O–H groups in total. The number of methoxy groups -OCH3 is 2. The van der Waals surface area contributed by atoms with Gasteiger partial charge in [-0.05, 0) is 42.2 Å². The highest BCUT2D eigenvalue weighted by Crippen LogP contribution is 2.27. The third-order valence-electron chi connectivity index (χ3n) is 3.14. The zero-order valence-electron chi connectivity index (χ0n) is 13.2. The van der Waals surface area contributed by atoms with Crippen molar-refractivity contribution < 1.29 is 14.3 Å². The zero-order valence-corrected chi connectivity index (χ0v) is 14.0. The third kappa shape index (κ3) is 4.50. The quantitative estimate of drug-likeness (QED) is 0.502. The van der Waals surface area contributed by atoms with E-state index >= 15 is 0 Å². The number of rotatable bonds is 6. The molecule has 0 unspecified atom stereocenters. The summed E-state index contributed by atoms with van der Waals surface area (Å²) in [6.45, 7) is 0. The average Bonchev–Trinajstić information content (AvgIpc) is 2.61. The van der Waals surface area contributed by atoms with Gasteiger partial charge in [0.1, 0.15) is 0 Å². The lowest BCUT2D eigenvalue weighted by Crippen LogP contribution is -2.17. The van der Waals surface area contributed by atoms with Crippen molar-refractivity contribution in [3.63, 3.8) is 0 Å². The minimum atomic E-state index is -0.317. The molecule has 0 aromatic heterocycles. The molecule has 0 bridgehead atoms. The monoisotopic (exact) mass is 330 g/mol. The molecule has 0 spiro atoms. The van der Waals surface area contributed by atoms with Gasteiger partial charge in [-0.15, -0.1) is 11.8 Å². The number of benzene rings is 2. The van der Waals surface area contributed by atoms with E-state index in [0.717, 1.165) is 5.56 Å². The number of amides is 1. The van der Waals surface area contributed by atoms with Crippen LogP contribution >= 0.6 is 11.8 Å². The van der Waals surface area contributed by atoms with Crippen molar-refractivity contribution in [1.29, 1.82) is 0 Å². The van der Waals surface area contributed by atoms with E-state index in [1.54, 1.807) is 43.3 Å². The predicted octanol–water partition coefficient (Wildman–Crippen LogP) is 3.19. The number of thioether (sulfide) groups is 1. The Bertz CT molecular complexity index is 699. The minimum absolute atomic E-state index is 0.317. The van der Waals surface area contributed by atoms with Crippen molar-refractivity contribution in [3.05, 3.63) is 53.6 Å². The van der Waals surface area contributed by atoms with E-state index in [1.807, 2.05) is 30.5 Å². The van der Waals surface area contributed by atoms with Crippen LogP contribution in [0.3, 0.4) is 0 Å². The van der Waals surface area contributed by atoms with Crippen LogP contribution in [0.4, 0.5) is 0 Å². The second-order valence-corrected chi connectivity index (χ2v) is 5.42. The highest BCUT2D eigenvalue weighted by Gasteiger charge is 2.09. The average molecular weight is 330 g/mol. The number of ether oxygens (including phenoxy) is 2. The molecule has 0 atom stereocenters. The largest absolute Gasteiger partial charge is 0.493 e. The van der Waals surface area contributed by atoms with Crippen LogP contribution in [0.25, 0.3) is 0 Å². The Morgan fingerprint density at radius 2 is 1.78 bits per heavy atom. The number of hydrogen-bond acceptors (Lipinski definition) is 5. The Kier molecular flexibility index (Phi) is 6.05. The molecule has 0 heterocycles. The summed E-state index contributed by atoms with van der Waals surface area (Å²) >= 11 is 1.67. The van der Waals surface area contributed by atoms with Gasteiger partial charge in [0.25, 0.3) is 5.91 Å². The molecule has 23 heavy (non-hydrogen) atoms. The fourth-order valence-electron chi connectivity index (χ4n) is 1.90. The Balaban J connectivity index is 2.02. The van der Waals surface area contributed by atoms with Crippen LogP contribution in [-0.4, -0.2) is 32.6 Å². The zero-order chi connectivity index (χ0) is 16.7. The highest BCUT2D eigenvalue weighted by atomic mass is 32.2. The topological polar surface area (TPSA) is 59.9 Å². The summed E-state index contributed by atoms with van der Waals surface area (Å²) in [5.41, 5.74) is 3.85. The lowest BCUT2D eigenvalue weighted by Gasteiger charge is -2.08.